The number of rotatable bonds is 6. The van der Waals surface area contributed by atoms with Gasteiger partial charge in [0.25, 0.3) is 0 Å². The zero-order chi connectivity index (χ0) is 14.0. The van der Waals surface area contributed by atoms with Gasteiger partial charge in [0.2, 0.25) is 0 Å². The van der Waals surface area contributed by atoms with Gasteiger partial charge in [0.05, 0.1) is 0 Å². The van der Waals surface area contributed by atoms with Gasteiger partial charge < -0.3 is 5.32 Å². The molecular weight excluding hydrogens is 277 g/mol. The Balaban J connectivity index is 2.07. The molecule has 2 atom stereocenters. The van der Waals surface area contributed by atoms with E-state index in [0.29, 0.717) is 16.5 Å². The predicted molar refractivity (Wildman–Crippen MR) is 84.1 cm³/mol. The van der Waals surface area contributed by atoms with Gasteiger partial charge in [-0.1, -0.05) is 50.0 Å². The fraction of sp³-hybridized carbons (Fsp3) is 0.625. The normalized spacial score (nSPS) is 22.3. The third-order valence-electron chi connectivity index (χ3n) is 4.19. The lowest BCUT2D eigenvalue weighted by atomic mass is 9.97. The van der Waals surface area contributed by atoms with Gasteiger partial charge in [0.1, 0.15) is 0 Å². The summed E-state index contributed by atoms with van der Waals surface area (Å²) in [4.78, 5) is 0. The molecule has 0 spiro atoms. The van der Waals surface area contributed by atoms with Crippen LogP contribution in [0.1, 0.15) is 39.2 Å². The summed E-state index contributed by atoms with van der Waals surface area (Å²) in [5.74, 6) is 0.755. The van der Waals surface area contributed by atoms with E-state index in [1.165, 1.54) is 12.0 Å². The quantitative estimate of drug-likeness (QED) is 0.783. The molecule has 1 aliphatic rings. The van der Waals surface area contributed by atoms with E-state index in [4.69, 9.17) is 23.2 Å². The Morgan fingerprint density at radius 1 is 1.37 bits per heavy atom. The smallest absolute Gasteiger partial charge is 0.0453 e. The molecule has 0 heterocycles. The average molecular weight is 300 g/mol. The van der Waals surface area contributed by atoms with Gasteiger partial charge in [-0.05, 0) is 54.8 Å². The van der Waals surface area contributed by atoms with Crippen LogP contribution >= 0.6 is 23.2 Å². The van der Waals surface area contributed by atoms with Gasteiger partial charge in [0, 0.05) is 16.1 Å². The molecule has 2 unspecified atom stereocenters. The predicted octanol–water partition coefficient (Wildman–Crippen LogP) is 4.95. The van der Waals surface area contributed by atoms with Crippen LogP contribution < -0.4 is 5.32 Å². The molecule has 0 bridgehead atoms. The lowest BCUT2D eigenvalue weighted by Crippen LogP contribution is -2.35. The first-order valence-electron chi connectivity index (χ1n) is 7.11. The molecule has 3 heteroatoms. The zero-order valence-electron chi connectivity index (χ0n) is 12.0. The van der Waals surface area contributed by atoms with Crippen molar-refractivity contribution in [1.82, 2.24) is 5.32 Å². The highest BCUT2D eigenvalue weighted by molar-refractivity contribution is 6.35. The summed E-state index contributed by atoms with van der Waals surface area (Å²) in [6.07, 6.45) is 3.46. The topological polar surface area (TPSA) is 12.0 Å². The molecule has 1 saturated carbocycles. The van der Waals surface area contributed by atoms with Crippen molar-refractivity contribution < 1.29 is 0 Å². The van der Waals surface area contributed by atoms with E-state index in [1.807, 2.05) is 12.1 Å². The van der Waals surface area contributed by atoms with Crippen molar-refractivity contribution in [2.24, 2.45) is 11.3 Å². The average Bonchev–Trinajstić information content (AvgIpc) is 2.96. The van der Waals surface area contributed by atoms with Gasteiger partial charge in [-0.15, -0.1) is 0 Å². The fourth-order valence-electron chi connectivity index (χ4n) is 2.81. The molecule has 106 valence electrons. The highest BCUT2D eigenvalue weighted by atomic mass is 35.5. The fourth-order valence-corrected chi connectivity index (χ4v) is 3.29. The maximum atomic E-state index is 6.29. The molecule has 0 amide bonds. The SMILES string of the molecule is CCCNC(Cc1ccc(Cl)cc1Cl)C1CC1(C)C. The Bertz CT molecular complexity index is 442. The Morgan fingerprint density at radius 3 is 2.58 bits per heavy atom. The summed E-state index contributed by atoms with van der Waals surface area (Å²) in [6.45, 7) is 7.98. The maximum Gasteiger partial charge on any atom is 0.0453 e. The van der Waals surface area contributed by atoms with Gasteiger partial charge >= 0.3 is 0 Å². The minimum absolute atomic E-state index is 0.476. The first-order chi connectivity index (χ1) is 8.94. The van der Waals surface area contributed by atoms with Crippen molar-refractivity contribution in [2.45, 2.75) is 46.1 Å². The monoisotopic (exact) mass is 299 g/mol. The van der Waals surface area contributed by atoms with Crippen molar-refractivity contribution in [3.63, 3.8) is 0 Å². The number of nitrogens with one attached hydrogen (secondary N) is 1. The molecule has 1 fully saturated rings. The molecule has 0 saturated heterocycles. The van der Waals surface area contributed by atoms with Crippen LogP contribution in [0.25, 0.3) is 0 Å². The van der Waals surface area contributed by atoms with Crippen molar-refractivity contribution in [3.05, 3.63) is 33.8 Å². The minimum Gasteiger partial charge on any atom is -0.313 e. The second-order valence-electron chi connectivity index (χ2n) is 6.30. The summed E-state index contributed by atoms with van der Waals surface area (Å²) in [5, 5.41) is 5.18. The zero-order valence-corrected chi connectivity index (χ0v) is 13.5. The van der Waals surface area contributed by atoms with E-state index >= 15 is 0 Å². The van der Waals surface area contributed by atoms with Crippen molar-refractivity contribution in [3.8, 4) is 0 Å². The number of hydrogen-bond acceptors (Lipinski definition) is 1. The molecule has 2 rings (SSSR count). The number of benzene rings is 1. The standard InChI is InChI=1S/C16H23Cl2N/c1-4-7-19-15(13-10-16(13,2)3)8-11-5-6-12(17)9-14(11)18/h5-6,9,13,15,19H,4,7-8,10H2,1-3H3. The Hall–Kier alpha value is -0.240. The van der Waals surface area contributed by atoms with Crippen LogP contribution in [0, 0.1) is 11.3 Å². The van der Waals surface area contributed by atoms with Crippen molar-refractivity contribution in [1.29, 1.82) is 0 Å². The molecule has 1 aromatic carbocycles. The molecule has 19 heavy (non-hydrogen) atoms. The van der Waals surface area contributed by atoms with E-state index in [-0.39, 0.29) is 0 Å². The van der Waals surface area contributed by atoms with Crippen molar-refractivity contribution >= 4 is 23.2 Å². The van der Waals surface area contributed by atoms with E-state index < -0.39 is 0 Å². The molecule has 0 aromatic heterocycles. The minimum atomic E-state index is 0.476. The lowest BCUT2D eigenvalue weighted by Gasteiger charge is -2.21. The first-order valence-corrected chi connectivity index (χ1v) is 7.87. The van der Waals surface area contributed by atoms with Crippen LogP contribution in [-0.2, 0) is 6.42 Å². The van der Waals surface area contributed by atoms with Crippen LogP contribution in [-0.4, -0.2) is 12.6 Å². The lowest BCUT2D eigenvalue weighted by molar-refractivity contribution is 0.402. The summed E-state index contributed by atoms with van der Waals surface area (Å²) < 4.78 is 0. The largest absolute Gasteiger partial charge is 0.313 e. The third-order valence-corrected chi connectivity index (χ3v) is 4.77. The van der Waals surface area contributed by atoms with E-state index in [2.05, 4.69) is 32.2 Å². The van der Waals surface area contributed by atoms with E-state index in [1.54, 1.807) is 0 Å². The molecule has 1 aromatic rings. The van der Waals surface area contributed by atoms with E-state index in [9.17, 15) is 0 Å². The molecule has 0 aliphatic heterocycles. The van der Waals surface area contributed by atoms with Gasteiger partial charge in [-0.25, -0.2) is 0 Å². The molecule has 1 N–H and O–H groups in total. The van der Waals surface area contributed by atoms with Crippen molar-refractivity contribution in [2.75, 3.05) is 6.54 Å². The first kappa shape index (κ1) is 15.2. The number of halogens is 2. The Morgan fingerprint density at radius 2 is 2.05 bits per heavy atom. The second kappa shape index (κ2) is 6.03. The summed E-state index contributed by atoms with van der Waals surface area (Å²) in [6, 6.07) is 6.35. The van der Waals surface area contributed by atoms with Gasteiger partial charge in [-0.3, -0.25) is 0 Å². The van der Waals surface area contributed by atoms with Crippen LogP contribution in [0.3, 0.4) is 0 Å². The van der Waals surface area contributed by atoms with Crippen LogP contribution in [0.2, 0.25) is 10.0 Å². The summed E-state index contributed by atoms with van der Waals surface area (Å²) in [5.41, 5.74) is 1.67. The summed E-state index contributed by atoms with van der Waals surface area (Å²) in [7, 11) is 0. The third kappa shape index (κ3) is 3.87. The molecular formula is C16H23Cl2N. The highest BCUT2D eigenvalue weighted by Gasteiger charge is 2.49. The molecule has 0 radical (unpaired) electrons. The van der Waals surface area contributed by atoms with Crippen LogP contribution in [0.5, 0.6) is 0 Å². The molecule has 1 aliphatic carbocycles. The Kier molecular flexibility index (Phi) is 4.81. The van der Waals surface area contributed by atoms with Crippen LogP contribution in [0.15, 0.2) is 18.2 Å². The van der Waals surface area contributed by atoms with Gasteiger partial charge in [-0.2, -0.15) is 0 Å². The second-order valence-corrected chi connectivity index (χ2v) is 7.14. The highest BCUT2D eigenvalue weighted by Crippen LogP contribution is 2.54. The number of hydrogen-bond donors (Lipinski definition) is 1. The van der Waals surface area contributed by atoms with E-state index in [0.717, 1.165) is 30.3 Å². The van der Waals surface area contributed by atoms with Crippen LogP contribution in [0.4, 0.5) is 0 Å². The van der Waals surface area contributed by atoms with Gasteiger partial charge in [0.15, 0.2) is 0 Å². The summed E-state index contributed by atoms with van der Waals surface area (Å²) >= 11 is 12.2. The maximum absolute atomic E-state index is 6.29. The Labute approximate surface area is 126 Å². The molecule has 1 nitrogen and oxygen atoms in total.